The van der Waals surface area contributed by atoms with Crippen LogP contribution < -0.4 is 14.8 Å². The van der Waals surface area contributed by atoms with Gasteiger partial charge in [-0.3, -0.25) is 19.6 Å². The summed E-state index contributed by atoms with van der Waals surface area (Å²) in [5.41, 5.74) is 1.55. The molecule has 1 aliphatic heterocycles. The topological polar surface area (TPSA) is 108 Å². The Labute approximate surface area is 202 Å². The van der Waals surface area contributed by atoms with E-state index in [1.54, 1.807) is 19.1 Å². The second-order valence-corrected chi connectivity index (χ2v) is 9.86. The molecule has 0 aromatic heterocycles. The summed E-state index contributed by atoms with van der Waals surface area (Å²) in [6, 6.07) is 3.09. The highest BCUT2D eigenvalue weighted by Gasteiger charge is 2.38. The Balaban J connectivity index is 2.22. The molecular weight excluding hydrogens is 438 g/mol. The molecule has 190 valence electrons. The third-order valence-electron chi connectivity index (χ3n) is 6.24. The van der Waals surface area contributed by atoms with Crippen LogP contribution in [0.1, 0.15) is 58.1 Å². The molecule has 1 aromatic carbocycles. The maximum Gasteiger partial charge on any atom is 0.246 e. The summed E-state index contributed by atoms with van der Waals surface area (Å²) in [4.78, 5) is 39.4. The normalized spacial score (nSPS) is 15.1. The van der Waals surface area contributed by atoms with E-state index in [0.717, 1.165) is 24.0 Å². The fourth-order valence-corrected chi connectivity index (χ4v) is 4.19. The summed E-state index contributed by atoms with van der Waals surface area (Å²) in [5, 5.41) is 13.1. The molecule has 34 heavy (non-hydrogen) atoms. The predicted octanol–water partition coefficient (Wildman–Crippen LogP) is 2.77. The summed E-state index contributed by atoms with van der Waals surface area (Å²) in [6.07, 6.45) is 3.11. The van der Waals surface area contributed by atoms with Gasteiger partial charge in [-0.2, -0.15) is 0 Å². The molecule has 0 fully saturated rings. The largest absolute Gasteiger partial charge is 0.493 e. The molecule has 1 heterocycles. The molecule has 3 amide bonds. The number of ether oxygens (including phenoxy) is 2. The van der Waals surface area contributed by atoms with Gasteiger partial charge < -0.3 is 19.7 Å². The Morgan fingerprint density at radius 1 is 1.21 bits per heavy atom. The Kier molecular flexibility index (Phi) is 9.73. The number of fused-ring (bicyclic) bond motifs is 1. The van der Waals surface area contributed by atoms with Gasteiger partial charge in [0.25, 0.3) is 0 Å². The number of carbonyl (C=O) groups is 3. The van der Waals surface area contributed by atoms with Gasteiger partial charge in [-0.1, -0.05) is 40.5 Å². The van der Waals surface area contributed by atoms with E-state index in [1.807, 2.05) is 39.8 Å². The van der Waals surface area contributed by atoms with E-state index in [1.165, 1.54) is 0 Å². The Morgan fingerprint density at radius 2 is 1.82 bits per heavy atom. The molecule has 0 bridgehead atoms. The van der Waals surface area contributed by atoms with E-state index < -0.39 is 17.4 Å². The first-order valence-electron chi connectivity index (χ1n) is 11.8. The second-order valence-electron chi connectivity index (χ2n) is 9.86. The van der Waals surface area contributed by atoms with Crippen LogP contribution in [0.25, 0.3) is 0 Å². The van der Waals surface area contributed by atoms with E-state index in [9.17, 15) is 19.6 Å². The first-order chi connectivity index (χ1) is 16.0. The van der Waals surface area contributed by atoms with Crippen LogP contribution in [0.5, 0.6) is 11.5 Å². The molecule has 0 aliphatic carbocycles. The summed E-state index contributed by atoms with van der Waals surface area (Å²) in [6.45, 7) is 8.56. The number of hydrogen-bond donors (Lipinski definition) is 2. The van der Waals surface area contributed by atoms with Crippen molar-refractivity contribution in [1.29, 1.82) is 0 Å². The van der Waals surface area contributed by atoms with Crippen LogP contribution in [0.4, 0.5) is 0 Å². The number of nitrogens with one attached hydrogen (secondary N) is 1. The molecule has 2 rings (SSSR count). The van der Waals surface area contributed by atoms with Gasteiger partial charge in [0.15, 0.2) is 11.5 Å². The van der Waals surface area contributed by atoms with E-state index in [2.05, 4.69) is 5.32 Å². The Hall–Kier alpha value is -2.81. The minimum atomic E-state index is -0.755. The van der Waals surface area contributed by atoms with E-state index in [-0.39, 0.29) is 24.8 Å². The number of rotatable bonds is 11. The van der Waals surface area contributed by atoms with Gasteiger partial charge in [-0.05, 0) is 41.5 Å². The molecular formula is C25H39N3O6. The van der Waals surface area contributed by atoms with Crippen molar-refractivity contribution >= 4 is 18.2 Å². The fraction of sp³-hybridized carbons (Fsp3) is 0.640. The highest BCUT2D eigenvalue weighted by molar-refractivity contribution is 5.89. The van der Waals surface area contributed by atoms with Crippen LogP contribution in [-0.2, 0) is 27.3 Å². The van der Waals surface area contributed by atoms with Gasteiger partial charge in [0.2, 0.25) is 18.2 Å². The Bertz CT molecular complexity index is 867. The number of benzene rings is 1. The van der Waals surface area contributed by atoms with Gasteiger partial charge in [-0.15, -0.1) is 0 Å². The number of methoxy groups -OCH3 is 2. The van der Waals surface area contributed by atoms with Crippen LogP contribution in [0.3, 0.4) is 0 Å². The van der Waals surface area contributed by atoms with E-state index in [0.29, 0.717) is 42.5 Å². The number of hydroxylamine groups is 2. The zero-order chi connectivity index (χ0) is 25.5. The maximum absolute atomic E-state index is 13.6. The number of carbonyl (C=O) groups excluding carboxylic acids is 3. The molecule has 0 saturated heterocycles. The fourth-order valence-electron chi connectivity index (χ4n) is 4.19. The summed E-state index contributed by atoms with van der Waals surface area (Å²) >= 11 is 0. The zero-order valence-corrected chi connectivity index (χ0v) is 21.2. The van der Waals surface area contributed by atoms with Crippen molar-refractivity contribution < 1.29 is 29.1 Å². The van der Waals surface area contributed by atoms with Crippen LogP contribution in [0.2, 0.25) is 0 Å². The van der Waals surface area contributed by atoms with Crippen LogP contribution in [0, 0.1) is 11.3 Å². The number of nitrogens with zero attached hydrogens (tertiary/aromatic N) is 2. The van der Waals surface area contributed by atoms with Gasteiger partial charge >= 0.3 is 0 Å². The SMILES string of the molecule is CCCCC(CN(O)C=O)C(=O)NC(C(=O)N1CCc2cc(OC)c(OC)cc2C1)C(C)(C)C. The molecule has 2 N–H and O–H groups in total. The third-order valence-corrected chi connectivity index (χ3v) is 6.24. The standard InChI is InChI=1S/C25H39N3O6/c1-7-8-9-18(15-28(32)16-29)23(30)26-22(25(2,3)4)24(31)27-11-10-17-12-20(33-5)21(34-6)13-19(17)14-27/h12-13,16,18,22,32H,7-11,14-15H2,1-6H3,(H,26,30). The first-order valence-corrected chi connectivity index (χ1v) is 11.8. The second kappa shape index (κ2) is 12.1. The lowest BCUT2D eigenvalue weighted by Crippen LogP contribution is -2.57. The van der Waals surface area contributed by atoms with Crippen LogP contribution in [0.15, 0.2) is 12.1 Å². The lowest BCUT2D eigenvalue weighted by molar-refractivity contribution is -0.155. The molecule has 2 atom stereocenters. The molecule has 0 radical (unpaired) electrons. The van der Waals surface area contributed by atoms with Crippen molar-refractivity contribution in [3.63, 3.8) is 0 Å². The minimum Gasteiger partial charge on any atom is -0.493 e. The third kappa shape index (κ3) is 6.85. The Morgan fingerprint density at radius 3 is 2.35 bits per heavy atom. The molecule has 0 saturated carbocycles. The van der Waals surface area contributed by atoms with Crippen molar-refractivity contribution in [2.45, 2.75) is 66.0 Å². The lowest BCUT2D eigenvalue weighted by atomic mass is 9.84. The highest BCUT2D eigenvalue weighted by Crippen LogP contribution is 2.34. The molecule has 9 heteroatoms. The zero-order valence-electron chi connectivity index (χ0n) is 21.2. The van der Waals surface area contributed by atoms with Crippen molar-refractivity contribution in [2.24, 2.45) is 11.3 Å². The number of amides is 3. The van der Waals surface area contributed by atoms with Gasteiger partial charge in [0, 0.05) is 13.1 Å². The van der Waals surface area contributed by atoms with Crippen LogP contribution >= 0.6 is 0 Å². The number of unbranched alkanes of at least 4 members (excludes halogenated alkanes) is 1. The quantitative estimate of drug-likeness (QED) is 0.288. The van der Waals surface area contributed by atoms with Gasteiger partial charge in [0.1, 0.15) is 6.04 Å². The smallest absolute Gasteiger partial charge is 0.246 e. The predicted molar refractivity (Wildman–Crippen MR) is 128 cm³/mol. The average Bonchev–Trinajstić information content (AvgIpc) is 2.82. The average molecular weight is 478 g/mol. The lowest BCUT2D eigenvalue weighted by Gasteiger charge is -2.38. The monoisotopic (exact) mass is 477 g/mol. The highest BCUT2D eigenvalue weighted by atomic mass is 16.5. The molecule has 0 spiro atoms. The maximum atomic E-state index is 13.6. The minimum absolute atomic E-state index is 0.112. The van der Waals surface area contributed by atoms with Crippen molar-refractivity contribution in [3.05, 3.63) is 23.3 Å². The number of hydrogen-bond acceptors (Lipinski definition) is 6. The van der Waals surface area contributed by atoms with Crippen molar-refractivity contribution in [1.82, 2.24) is 15.3 Å². The summed E-state index contributed by atoms with van der Waals surface area (Å²) < 4.78 is 10.8. The van der Waals surface area contributed by atoms with Crippen molar-refractivity contribution in [2.75, 3.05) is 27.3 Å². The summed E-state index contributed by atoms with van der Waals surface area (Å²) in [5.74, 6) is 0.163. The van der Waals surface area contributed by atoms with Crippen molar-refractivity contribution in [3.8, 4) is 11.5 Å². The molecule has 9 nitrogen and oxygen atoms in total. The van der Waals surface area contributed by atoms with Crippen LogP contribution in [-0.4, -0.2) is 66.7 Å². The van der Waals surface area contributed by atoms with Gasteiger partial charge in [-0.25, -0.2) is 5.06 Å². The van der Waals surface area contributed by atoms with Gasteiger partial charge in [0.05, 0.1) is 26.7 Å². The van der Waals surface area contributed by atoms with E-state index >= 15 is 0 Å². The molecule has 1 aliphatic rings. The van der Waals surface area contributed by atoms with E-state index in [4.69, 9.17) is 9.47 Å². The first kappa shape index (κ1) is 27.4. The summed E-state index contributed by atoms with van der Waals surface area (Å²) in [7, 11) is 3.17. The molecule has 2 unspecified atom stereocenters. The molecule has 1 aromatic rings.